The van der Waals surface area contributed by atoms with Crippen LogP contribution in [-0.2, 0) is 4.79 Å². The van der Waals surface area contributed by atoms with Crippen molar-refractivity contribution in [3.8, 4) is 5.75 Å². The van der Waals surface area contributed by atoms with Crippen LogP contribution in [0.25, 0.3) is 0 Å². The fourth-order valence-electron chi connectivity index (χ4n) is 1.78. The van der Waals surface area contributed by atoms with Crippen molar-refractivity contribution in [2.24, 2.45) is 5.10 Å². The topological polar surface area (TPSA) is 97.1 Å². The molecule has 0 saturated heterocycles. The fraction of sp³-hybridized carbons (Fsp3) is 0.273. The summed E-state index contributed by atoms with van der Waals surface area (Å²) in [6.45, 7) is 0.179. The van der Waals surface area contributed by atoms with E-state index in [-0.39, 0.29) is 23.9 Å². The molecule has 0 bridgehead atoms. The first-order valence-corrected chi connectivity index (χ1v) is 5.43. The molecule has 0 unspecified atom stereocenters. The van der Waals surface area contributed by atoms with E-state index in [0.717, 1.165) is 0 Å². The summed E-state index contributed by atoms with van der Waals surface area (Å²) in [7, 11) is 3.08. The van der Waals surface area contributed by atoms with E-state index in [4.69, 9.17) is 4.74 Å². The van der Waals surface area contributed by atoms with Crippen molar-refractivity contribution in [3.63, 3.8) is 0 Å². The normalized spacial score (nSPS) is 14.7. The average molecular weight is 264 g/mol. The van der Waals surface area contributed by atoms with Crippen molar-refractivity contribution in [1.29, 1.82) is 0 Å². The third kappa shape index (κ3) is 2.46. The number of hydrogen-bond donors (Lipinski definition) is 1. The first-order chi connectivity index (χ1) is 9.02. The predicted molar refractivity (Wildman–Crippen MR) is 67.0 cm³/mol. The summed E-state index contributed by atoms with van der Waals surface area (Å²) >= 11 is 0. The molecular formula is C11H12N4O4. The van der Waals surface area contributed by atoms with E-state index in [1.807, 2.05) is 0 Å². The van der Waals surface area contributed by atoms with Gasteiger partial charge in [0.25, 0.3) is 5.91 Å². The van der Waals surface area contributed by atoms with Crippen LogP contribution in [-0.4, -0.2) is 42.3 Å². The summed E-state index contributed by atoms with van der Waals surface area (Å²) in [6, 6.07) is 4.43. The zero-order valence-corrected chi connectivity index (χ0v) is 10.4. The molecule has 0 aromatic heterocycles. The Bertz CT molecular complexity index is 570. The molecule has 0 saturated carbocycles. The smallest absolute Gasteiger partial charge is 0.310 e. The maximum Gasteiger partial charge on any atom is 0.310 e. The van der Waals surface area contributed by atoms with E-state index in [1.165, 1.54) is 19.2 Å². The standard InChI is InChI=1S/C11H12N4O4/c1-14-6-10(16)12-13-11(14)7-3-4-8(15(17)18)9(5-7)19-2/h3-5H,6H2,1-2H3,(H,12,16). The number of carbonyl (C=O) groups excluding carboxylic acids is 1. The summed E-state index contributed by atoms with van der Waals surface area (Å²) in [5.41, 5.74) is 2.88. The number of nitrogens with one attached hydrogen (secondary N) is 1. The Labute approximate surface area is 108 Å². The fourth-order valence-corrected chi connectivity index (χ4v) is 1.78. The number of likely N-dealkylation sites (N-methyl/N-ethyl adjacent to an activating group) is 1. The molecule has 1 amide bonds. The molecule has 1 heterocycles. The summed E-state index contributed by atoms with van der Waals surface area (Å²) in [5, 5.41) is 14.7. The largest absolute Gasteiger partial charge is 0.490 e. The van der Waals surface area contributed by atoms with Gasteiger partial charge in [0.15, 0.2) is 11.6 Å². The van der Waals surface area contributed by atoms with Crippen LogP contribution in [0.3, 0.4) is 0 Å². The van der Waals surface area contributed by atoms with E-state index in [0.29, 0.717) is 11.4 Å². The lowest BCUT2D eigenvalue weighted by molar-refractivity contribution is -0.385. The van der Waals surface area contributed by atoms with Crippen LogP contribution >= 0.6 is 0 Å². The Balaban J connectivity index is 2.41. The highest BCUT2D eigenvalue weighted by molar-refractivity contribution is 6.03. The zero-order chi connectivity index (χ0) is 14.0. The zero-order valence-electron chi connectivity index (χ0n) is 10.4. The second kappa shape index (κ2) is 4.92. The van der Waals surface area contributed by atoms with Gasteiger partial charge in [-0.1, -0.05) is 0 Å². The Morgan fingerprint density at radius 2 is 2.26 bits per heavy atom. The molecule has 0 radical (unpaired) electrons. The van der Waals surface area contributed by atoms with Gasteiger partial charge >= 0.3 is 5.69 Å². The van der Waals surface area contributed by atoms with Gasteiger partial charge in [0, 0.05) is 18.7 Å². The minimum absolute atomic E-state index is 0.116. The Morgan fingerprint density at radius 3 is 2.84 bits per heavy atom. The summed E-state index contributed by atoms with van der Waals surface area (Å²) in [5.74, 6) is 0.462. The predicted octanol–water partition coefficient (Wildman–Crippen LogP) is 0.327. The number of amides is 1. The molecule has 2 rings (SSSR count). The first kappa shape index (κ1) is 12.8. The molecule has 0 atom stereocenters. The number of nitro groups is 1. The number of ether oxygens (including phenoxy) is 1. The monoisotopic (exact) mass is 264 g/mol. The highest BCUT2D eigenvalue weighted by Gasteiger charge is 2.21. The molecule has 8 heteroatoms. The molecule has 100 valence electrons. The SMILES string of the molecule is COc1cc(C2=NNC(=O)CN2C)ccc1[N+](=O)[O-]. The number of hydrogen-bond acceptors (Lipinski definition) is 6. The second-order valence-corrected chi connectivity index (χ2v) is 3.97. The van der Waals surface area contributed by atoms with E-state index >= 15 is 0 Å². The molecule has 1 aliphatic heterocycles. The van der Waals surface area contributed by atoms with Crippen LogP contribution in [0.5, 0.6) is 5.75 Å². The van der Waals surface area contributed by atoms with Gasteiger partial charge in [-0.05, 0) is 12.1 Å². The van der Waals surface area contributed by atoms with Crippen molar-refractivity contribution >= 4 is 17.4 Å². The van der Waals surface area contributed by atoms with E-state index in [2.05, 4.69) is 10.5 Å². The second-order valence-electron chi connectivity index (χ2n) is 3.97. The molecular weight excluding hydrogens is 252 g/mol. The lowest BCUT2D eigenvalue weighted by Gasteiger charge is -2.24. The average Bonchev–Trinajstić information content (AvgIpc) is 2.37. The number of nitro benzene ring substituents is 1. The number of nitrogens with zero attached hydrogens (tertiary/aromatic N) is 3. The van der Waals surface area contributed by atoms with E-state index < -0.39 is 4.92 Å². The van der Waals surface area contributed by atoms with Gasteiger partial charge in [-0.15, -0.1) is 0 Å². The van der Waals surface area contributed by atoms with Crippen LogP contribution in [0.4, 0.5) is 5.69 Å². The van der Waals surface area contributed by atoms with Crippen LogP contribution < -0.4 is 10.2 Å². The Hall–Kier alpha value is -2.64. The number of rotatable bonds is 3. The minimum atomic E-state index is -0.517. The van der Waals surface area contributed by atoms with Crippen LogP contribution in [0, 0.1) is 10.1 Å². The number of hydrazone groups is 1. The Morgan fingerprint density at radius 1 is 1.53 bits per heavy atom. The maximum absolute atomic E-state index is 11.1. The van der Waals surface area contributed by atoms with Crippen LogP contribution in [0.1, 0.15) is 5.56 Å². The van der Waals surface area contributed by atoms with Crippen LogP contribution in [0.2, 0.25) is 0 Å². The third-order valence-electron chi connectivity index (χ3n) is 2.66. The van der Waals surface area contributed by atoms with Crippen molar-refractivity contribution in [2.45, 2.75) is 0 Å². The highest BCUT2D eigenvalue weighted by Crippen LogP contribution is 2.28. The molecule has 0 spiro atoms. The third-order valence-corrected chi connectivity index (χ3v) is 2.66. The molecule has 0 aliphatic carbocycles. The van der Waals surface area contributed by atoms with E-state index in [9.17, 15) is 14.9 Å². The summed E-state index contributed by atoms with van der Waals surface area (Å²) in [6.07, 6.45) is 0. The molecule has 8 nitrogen and oxygen atoms in total. The van der Waals surface area contributed by atoms with Crippen LogP contribution in [0.15, 0.2) is 23.3 Å². The van der Waals surface area contributed by atoms with Gasteiger partial charge in [0.2, 0.25) is 0 Å². The number of amidine groups is 1. The highest BCUT2D eigenvalue weighted by atomic mass is 16.6. The van der Waals surface area contributed by atoms with E-state index in [1.54, 1.807) is 18.0 Å². The molecule has 1 aromatic carbocycles. The van der Waals surface area contributed by atoms with Gasteiger partial charge in [-0.3, -0.25) is 14.9 Å². The summed E-state index contributed by atoms with van der Waals surface area (Å²) < 4.78 is 4.99. The van der Waals surface area contributed by atoms with Gasteiger partial charge in [-0.25, -0.2) is 5.43 Å². The van der Waals surface area contributed by atoms with Crippen molar-refractivity contribution < 1.29 is 14.5 Å². The molecule has 1 N–H and O–H groups in total. The maximum atomic E-state index is 11.1. The van der Waals surface area contributed by atoms with Crippen molar-refractivity contribution in [3.05, 3.63) is 33.9 Å². The van der Waals surface area contributed by atoms with Gasteiger partial charge in [-0.2, -0.15) is 5.10 Å². The number of carbonyl (C=O) groups is 1. The van der Waals surface area contributed by atoms with Gasteiger partial charge in [0.05, 0.1) is 18.6 Å². The number of benzene rings is 1. The van der Waals surface area contributed by atoms with Gasteiger partial charge in [0.1, 0.15) is 0 Å². The Kier molecular flexibility index (Phi) is 3.32. The number of methoxy groups -OCH3 is 1. The van der Waals surface area contributed by atoms with Crippen molar-refractivity contribution in [1.82, 2.24) is 10.3 Å². The molecule has 1 aromatic rings. The molecule has 1 aliphatic rings. The quantitative estimate of drug-likeness (QED) is 0.626. The minimum Gasteiger partial charge on any atom is -0.490 e. The first-order valence-electron chi connectivity index (χ1n) is 5.43. The lowest BCUT2D eigenvalue weighted by atomic mass is 10.1. The lowest BCUT2D eigenvalue weighted by Crippen LogP contribution is -2.43. The molecule has 19 heavy (non-hydrogen) atoms. The van der Waals surface area contributed by atoms with Gasteiger partial charge < -0.3 is 9.64 Å². The van der Waals surface area contributed by atoms with Crippen molar-refractivity contribution in [2.75, 3.05) is 20.7 Å². The summed E-state index contributed by atoms with van der Waals surface area (Å²) in [4.78, 5) is 23.1. The molecule has 0 fully saturated rings.